The van der Waals surface area contributed by atoms with Crippen molar-refractivity contribution in [2.45, 2.75) is 31.2 Å². The summed E-state index contributed by atoms with van der Waals surface area (Å²) in [6.45, 7) is 3.48. The molecule has 3 unspecified atom stereocenters. The summed E-state index contributed by atoms with van der Waals surface area (Å²) in [6, 6.07) is 0. The van der Waals surface area contributed by atoms with E-state index in [0.717, 1.165) is 5.82 Å². The number of rotatable bonds is 1. The van der Waals surface area contributed by atoms with Crippen molar-refractivity contribution in [3.05, 3.63) is 10.8 Å². The van der Waals surface area contributed by atoms with Crippen molar-refractivity contribution in [1.82, 2.24) is 0 Å². The molecule has 0 aromatic carbocycles. The quantitative estimate of drug-likeness (QED) is 0.570. The predicted octanol–water partition coefficient (Wildman–Crippen LogP) is 3.06. The van der Waals surface area contributed by atoms with Gasteiger partial charge in [-0.1, -0.05) is 18.5 Å². The highest BCUT2D eigenvalue weighted by molar-refractivity contribution is 7.56. The Kier molecular flexibility index (Phi) is 3.16. The molecule has 0 aliphatic carbocycles. The van der Waals surface area contributed by atoms with Crippen molar-refractivity contribution in [2.75, 3.05) is 0 Å². The van der Waals surface area contributed by atoms with Gasteiger partial charge in [0.25, 0.3) is 0 Å². The zero-order valence-corrected chi connectivity index (χ0v) is 9.73. The molecule has 0 bridgehead atoms. The first-order chi connectivity index (χ1) is 5.82. The van der Waals surface area contributed by atoms with Crippen LogP contribution in [0.2, 0.25) is 0 Å². The summed E-state index contributed by atoms with van der Waals surface area (Å²) < 4.78 is 16.0. The Bertz CT molecular complexity index is 291. The van der Waals surface area contributed by atoms with Crippen LogP contribution in [0.5, 0.6) is 0 Å². The summed E-state index contributed by atoms with van der Waals surface area (Å²) in [7, 11) is -3.67. The third-order valence-corrected chi connectivity index (χ3v) is 4.82. The summed E-state index contributed by atoms with van der Waals surface area (Å²) in [5.74, 6) is 1.01. The molecule has 1 rings (SSSR count). The van der Waals surface area contributed by atoms with Crippen molar-refractivity contribution >= 4 is 30.8 Å². The van der Waals surface area contributed by atoms with E-state index in [4.69, 9.17) is 32.6 Å². The summed E-state index contributed by atoms with van der Waals surface area (Å²) in [5.41, 5.74) is 0. The SMILES string of the molecule is CCC1(Cl)C(Cl)=CP(=O)(O)OC1C. The normalized spacial score (nSPS) is 45.9. The molecule has 0 radical (unpaired) electrons. The maximum absolute atomic E-state index is 11.2. The molecule has 6 heteroatoms. The summed E-state index contributed by atoms with van der Waals surface area (Å²) in [5, 5.41) is 0.196. The molecule has 13 heavy (non-hydrogen) atoms. The topological polar surface area (TPSA) is 46.5 Å². The maximum atomic E-state index is 11.2. The molecule has 0 fully saturated rings. The zero-order chi connectivity index (χ0) is 10.3. The first-order valence-electron chi connectivity index (χ1n) is 3.90. The minimum absolute atomic E-state index is 0.196. The molecule has 0 amide bonds. The molecule has 1 N–H and O–H groups in total. The number of hydrogen-bond acceptors (Lipinski definition) is 2. The summed E-state index contributed by atoms with van der Waals surface area (Å²) in [6.07, 6.45) is -0.0158. The first-order valence-corrected chi connectivity index (χ1v) is 6.30. The van der Waals surface area contributed by atoms with Crippen molar-refractivity contribution in [2.24, 2.45) is 0 Å². The molecular formula is C7H11Cl2O3P. The van der Waals surface area contributed by atoms with Gasteiger partial charge in [-0.2, -0.15) is 0 Å². The van der Waals surface area contributed by atoms with Gasteiger partial charge >= 0.3 is 7.60 Å². The molecule has 76 valence electrons. The molecule has 0 aromatic rings. The van der Waals surface area contributed by atoms with Crippen LogP contribution in [0, 0.1) is 0 Å². The van der Waals surface area contributed by atoms with Crippen LogP contribution in [0.4, 0.5) is 0 Å². The minimum Gasteiger partial charge on any atom is -0.321 e. The lowest BCUT2D eigenvalue weighted by molar-refractivity contribution is 0.157. The van der Waals surface area contributed by atoms with Crippen LogP contribution in [0.1, 0.15) is 20.3 Å². The highest BCUT2D eigenvalue weighted by Gasteiger charge is 2.44. The van der Waals surface area contributed by atoms with Gasteiger partial charge in [0.2, 0.25) is 0 Å². The van der Waals surface area contributed by atoms with Gasteiger partial charge in [0.1, 0.15) is 4.87 Å². The Morgan fingerprint density at radius 2 is 2.38 bits per heavy atom. The van der Waals surface area contributed by atoms with E-state index < -0.39 is 18.6 Å². The molecule has 1 heterocycles. The first kappa shape index (κ1) is 11.5. The molecule has 3 atom stereocenters. The fourth-order valence-corrected chi connectivity index (χ4v) is 3.35. The number of halogens is 2. The third kappa shape index (κ3) is 2.11. The van der Waals surface area contributed by atoms with E-state index >= 15 is 0 Å². The van der Waals surface area contributed by atoms with Gasteiger partial charge in [0.15, 0.2) is 0 Å². The predicted molar refractivity (Wildman–Crippen MR) is 53.2 cm³/mol. The molecule has 0 aromatic heterocycles. The third-order valence-electron chi connectivity index (χ3n) is 2.14. The van der Waals surface area contributed by atoms with E-state index in [-0.39, 0.29) is 5.03 Å². The van der Waals surface area contributed by atoms with Crippen LogP contribution in [0.25, 0.3) is 0 Å². The van der Waals surface area contributed by atoms with Gasteiger partial charge in [0.05, 0.1) is 6.10 Å². The standard InChI is InChI=1S/C7H11Cl2O3P/c1-3-7(9)5(2)12-13(10,11)4-6(7)8/h4-5H,3H2,1-2H3,(H,10,11). The average Bonchev–Trinajstić information content (AvgIpc) is 1.98. The van der Waals surface area contributed by atoms with E-state index in [1.807, 2.05) is 6.92 Å². The summed E-state index contributed by atoms with van der Waals surface area (Å²) in [4.78, 5) is 8.29. The molecule has 0 spiro atoms. The smallest absolute Gasteiger partial charge is 0.321 e. The second-order valence-corrected chi connectivity index (χ2v) is 5.68. The van der Waals surface area contributed by atoms with E-state index in [2.05, 4.69) is 0 Å². The van der Waals surface area contributed by atoms with E-state index in [1.165, 1.54) is 0 Å². The van der Waals surface area contributed by atoms with Gasteiger partial charge in [0, 0.05) is 10.8 Å². The Morgan fingerprint density at radius 1 is 1.85 bits per heavy atom. The van der Waals surface area contributed by atoms with Gasteiger partial charge in [-0.25, -0.2) is 0 Å². The molecule has 1 aliphatic heterocycles. The second kappa shape index (κ2) is 3.56. The summed E-state index contributed by atoms with van der Waals surface area (Å²) >= 11 is 12.0. The molecular weight excluding hydrogens is 234 g/mol. The van der Waals surface area contributed by atoms with E-state index in [1.54, 1.807) is 6.92 Å². The molecule has 1 aliphatic rings. The van der Waals surface area contributed by atoms with Crippen molar-refractivity contribution in [1.29, 1.82) is 0 Å². The lowest BCUT2D eigenvalue weighted by atomic mass is 9.99. The van der Waals surface area contributed by atoms with Crippen LogP contribution in [0.3, 0.4) is 0 Å². The van der Waals surface area contributed by atoms with Crippen LogP contribution in [-0.2, 0) is 9.09 Å². The Hall–Kier alpha value is 0.470. The Balaban J connectivity index is 3.11. The highest BCUT2D eigenvalue weighted by atomic mass is 35.5. The van der Waals surface area contributed by atoms with Gasteiger partial charge < -0.3 is 9.42 Å². The van der Waals surface area contributed by atoms with Gasteiger partial charge in [-0.15, -0.1) is 11.6 Å². The fraction of sp³-hybridized carbons (Fsp3) is 0.714. The van der Waals surface area contributed by atoms with Crippen molar-refractivity contribution in [3.63, 3.8) is 0 Å². The fourth-order valence-electron chi connectivity index (χ4n) is 1.24. The van der Waals surface area contributed by atoms with Crippen molar-refractivity contribution in [3.8, 4) is 0 Å². The lowest BCUT2D eigenvalue weighted by Crippen LogP contribution is -2.38. The highest BCUT2D eigenvalue weighted by Crippen LogP contribution is 2.56. The van der Waals surface area contributed by atoms with Crippen LogP contribution < -0.4 is 0 Å². The molecule has 0 saturated heterocycles. The van der Waals surface area contributed by atoms with Crippen molar-refractivity contribution < 1.29 is 14.0 Å². The molecule has 3 nitrogen and oxygen atoms in total. The zero-order valence-electron chi connectivity index (χ0n) is 7.33. The Morgan fingerprint density at radius 3 is 2.77 bits per heavy atom. The average molecular weight is 245 g/mol. The maximum Gasteiger partial charge on any atom is 0.353 e. The largest absolute Gasteiger partial charge is 0.353 e. The van der Waals surface area contributed by atoms with Crippen LogP contribution >= 0.6 is 30.8 Å². The Labute approximate surface area is 87.2 Å². The van der Waals surface area contributed by atoms with E-state index in [0.29, 0.717) is 6.42 Å². The number of hydrogen-bond donors (Lipinski definition) is 1. The monoisotopic (exact) mass is 244 g/mol. The van der Waals surface area contributed by atoms with Crippen LogP contribution in [-0.4, -0.2) is 15.9 Å². The second-order valence-electron chi connectivity index (χ2n) is 3.00. The van der Waals surface area contributed by atoms with E-state index in [9.17, 15) is 4.57 Å². The lowest BCUT2D eigenvalue weighted by Gasteiger charge is -2.36. The van der Waals surface area contributed by atoms with Gasteiger partial charge in [-0.05, 0) is 13.3 Å². The molecule has 0 saturated carbocycles. The van der Waals surface area contributed by atoms with Gasteiger partial charge in [-0.3, -0.25) is 4.57 Å². The number of alkyl halides is 1. The minimum atomic E-state index is -3.67. The van der Waals surface area contributed by atoms with Crippen LogP contribution in [0.15, 0.2) is 10.8 Å².